The van der Waals surface area contributed by atoms with E-state index in [2.05, 4.69) is 19.5 Å². The number of carbonyl (C=O) groups excluding carboxylic acids is 1. The van der Waals surface area contributed by atoms with Gasteiger partial charge in [-0.2, -0.15) is 5.10 Å². The number of hydrogen-bond acceptors (Lipinski definition) is 7. The summed E-state index contributed by atoms with van der Waals surface area (Å²) in [5.41, 5.74) is 5.93. The molecule has 1 aliphatic rings. The van der Waals surface area contributed by atoms with E-state index >= 15 is 0 Å². The number of amides is 1. The number of thioether (sulfide) groups is 1. The van der Waals surface area contributed by atoms with Crippen LogP contribution in [-0.2, 0) is 15.9 Å². The third kappa shape index (κ3) is 4.06. The minimum atomic E-state index is -0.510. The number of ether oxygens (including phenoxy) is 1. The van der Waals surface area contributed by atoms with Crippen LogP contribution < -0.4 is 15.2 Å². The van der Waals surface area contributed by atoms with Crippen molar-refractivity contribution in [2.45, 2.75) is 5.16 Å². The van der Waals surface area contributed by atoms with E-state index in [1.807, 2.05) is 25.4 Å². The summed E-state index contributed by atoms with van der Waals surface area (Å²) in [7, 11) is 1.83. The number of rotatable bonds is 6. The molecule has 130 valence electrons. The molecule has 0 aliphatic carbocycles. The lowest BCUT2D eigenvalue weighted by Gasteiger charge is -2.09. The number of nitrogens with zero attached hydrogens (tertiary/aromatic N) is 5. The Bertz CT molecular complexity index is 885. The maximum absolute atomic E-state index is 10.7. The first kappa shape index (κ1) is 17.2. The average molecular weight is 378 g/mol. The van der Waals surface area contributed by atoms with Crippen LogP contribution in [0.4, 0.5) is 5.95 Å². The van der Waals surface area contributed by atoms with Gasteiger partial charge >= 0.3 is 11.1 Å². The Labute approximate surface area is 151 Å². The molecule has 9 nitrogen and oxygen atoms in total. The number of aromatic amines is 1. The van der Waals surface area contributed by atoms with Gasteiger partial charge in [-0.15, -0.1) is 0 Å². The Hall–Kier alpha value is -2.66. The summed E-state index contributed by atoms with van der Waals surface area (Å²) in [6.45, 7) is -0.142. The van der Waals surface area contributed by atoms with Gasteiger partial charge < -0.3 is 10.5 Å². The van der Waals surface area contributed by atoms with E-state index in [9.17, 15) is 4.79 Å². The molecular weight excluding hydrogens is 362 g/mol. The second-order valence-electron chi connectivity index (χ2n) is 4.93. The molecule has 0 bridgehead atoms. The van der Waals surface area contributed by atoms with Crippen molar-refractivity contribution in [1.29, 1.82) is 0 Å². The van der Waals surface area contributed by atoms with Crippen LogP contribution >= 0.6 is 11.8 Å². The summed E-state index contributed by atoms with van der Waals surface area (Å²) in [6.07, 6.45) is 3.66. The third-order valence-electron chi connectivity index (χ3n) is 3.12. The molecule has 0 spiro atoms. The molecule has 0 radical (unpaired) electrons. The summed E-state index contributed by atoms with van der Waals surface area (Å²) in [4.78, 5) is 15.0. The number of fused-ring (bicyclic) bond motifs is 1. The van der Waals surface area contributed by atoms with Crippen LogP contribution in [0.25, 0.3) is 0 Å². The molecular formula is C14H16N7O2S2+. The van der Waals surface area contributed by atoms with E-state index in [1.54, 1.807) is 28.0 Å². The van der Waals surface area contributed by atoms with Gasteiger partial charge in [0.05, 0.1) is 6.21 Å². The van der Waals surface area contributed by atoms with E-state index in [0.29, 0.717) is 11.7 Å². The molecule has 3 N–H and O–H groups in total. The van der Waals surface area contributed by atoms with Gasteiger partial charge in [0.15, 0.2) is 6.61 Å². The van der Waals surface area contributed by atoms with Crippen molar-refractivity contribution < 1.29 is 14.2 Å². The Morgan fingerprint density at radius 3 is 2.96 bits per heavy atom. The minimum Gasteiger partial charge on any atom is -0.484 e. The van der Waals surface area contributed by atoms with Crippen molar-refractivity contribution in [2.75, 3.05) is 19.9 Å². The quantitative estimate of drug-likeness (QED) is 0.243. The smallest absolute Gasteiger partial charge is 0.473 e. The highest BCUT2D eigenvalue weighted by Crippen LogP contribution is 2.13. The van der Waals surface area contributed by atoms with Crippen LogP contribution in [0, 0.1) is 0 Å². The first-order valence-corrected chi connectivity index (χ1v) is 9.17. The number of H-pyrrole nitrogens is 1. The van der Waals surface area contributed by atoms with Crippen molar-refractivity contribution in [3.63, 3.8) is 0 Å². The van der Waals surface area contributed by atoms with Crippen LogP contribution in [0.2, 0.25) is 0 Å². The standard InChI is InChI=1S/C14H15N7O2S2/c1-20(14-21-12(19-25-14)17-13(18-21)24-2)16-7-9-3-5-10(6-4-9)23-8-11(15)22/h3-7H,8H2,1-2H3,(H2,15,22)/p+1/b16-7-. The summed E-state index contributed by atoms with van der Waals surface area (Å²) in [5.74, 6) is 0.678. The Balaban J connectivity index is 1.65. The topological polar surface area (TPSA) is 113 Å². The highest BCUT2D eigenvalue weighted by molar-refractivity contribution is 7.98. The number of aromatic nitrogens is 3. The summed E-state index contributed by atoms with van der Waals surface area (Å²) < 4.78 is 11.3. The fourth-order valence-corrected chi connectivity index (χ4v) is 2.95. The number of hydrazone groups is 1. The zero-order chi connectivity index (χ0) is 17.8. The zero-order valence-corrected chi connectivity index (χ0v) is 15.2. The van der Waals surface area contributed by atoms with Gasteiger partial charge in [-0.1, -0.05) is 16.4 Å². The maximum Gasteiger partial charge on any atom is 0.473 e. The SMILES string of the molecule is CSc1nc2[n+]([nH]1)C(N(C)/N=C\c1ccc(OCC(N)=O)cc1)=S=N2. The molecule has 0 saturated carbocycles. The number of primary amides is 1. The van der Waals surface area contributed by atoms with Crippen LogP contribution in [-0.4, -0.2) is 52.2 Å². The van der Waals surface area contributed by atoms with Gasteiger partial charge in [0.1, 0.15) is 16.9 Å². The van der Waals surface area contributed by atoms with Gasteiger partial charge in [-0.05, 0) is 41.1 Å². The van der Waals surface area contributed by atoms with Gasteiger partial charge in [-0.3, -0.25) is 4.79 Å². The molecule has 1 aromatic heterocycles. The number of nitrogens with one attached hydrogen (secondary N) is 1. The molecule has 2 heterocycles. The van der Waals surface area contributed by atoms with Crippen molar-refractivity contribution in [3.05, 3.63) is 29.8 Å². The average Bonchev–Trinajstić information content (AvgIpc) is 3.18. The zero-order valence-electron chi connectivity index (χ0n) is 13.5. The van der Waals surface area contributed by atoms with E-state index < -0.39 is 5.91 Å². The Morgan fingerprint density at radius 1 is 1.52 bits per heavy atom. The molecule has 25 heavy (non-hydrogen) atoms. The van der Waals surface area contributed by atoms with Crippen LogP contribution in [0.5, 0.6) is 5.75 Å². The molecule has 11 heteroatoms. The molecule has 0 fully saturated rings. The summed E-state index contributed by atoms with van der Waals surface area (Å²) in [6, 6.07) is 7.18. The summed E-state index contributed by atoms with van der Waals surface area (Å²) >= 11 is 2.82. The van der Waals surface area contributed by atoms with E-state index in [1.165, 1.54) is 22.9 Å². The van der Waals surface area contributed by atoms with Crippen LogP contribution in [0.15, 0.2) is 38.9 Å². The number of carbonyl (C=O) groups is 1. The second kappa shape index (κ2) is 7.49. The Kier molecular flexibility index (Phi) is 5.14. The van der Waals surface area contributed by atoms with Crippen molar-refractivity contribution >= 4 is 46.1 Å². The van der Waals surface area contributed by atoms with Crippen LogP contribution in [0.3, 0.4) is 0 Å². The number of benzene rings is 1. The van der Waals surface area contributed by atoms with Crippen molar-refractivity contribution in [1.82, 2.24) is 15.1 Å². The lowest BCUT2D eigenvalue weighted by atomic mass is 10.2. The lowest BCUT2D eigenvalue weighted by Crippen LogP contribution is -2.50. The normalized spacial score (nSPS) is 12.6. The van der Waals surface area contributed by atoms with E-state index in [0.717, 1.165) is 15.8 Å². The third-order valence-corrected chi connectivity index (χ3v) is 4.55. The number of hydrogen-bond donors (Lipinski definition) is 2. The monoisotopic (exact) mass is 378 g/mol. The highest BCUT2D eigenvalue weighted by Gasteiger charge is 2.28. The lowest BCUT2D eigenvalue weighted by molar-refractivity contribution is -0.611. The maximum atomic E-state index is 10.7. The fraction of sp³-hybridized carbons (Fsp3) is 0.214. The molecule has 0 atom stereocenters. The van der Waals surface area contributed by atoms with Gasteiger partial charge in [-0.25, -0.2) is 10.1 Å². The van der Waals surface area contributed by atoms with Gasteiger partial charge in [0, 0.05) is 11.4 Å². The molecule has 0 unspecified atom stereocenters. The van der Waals surface area contributed by atoms with Crippen LogP contribution in [0.1, 0.15) is 5.56 Å². The second-order valence-corrected chi connectivity index (χ2v) is 6.45. The van der Waals surface area contributed by atoms with E-state index in [-0.39, 0.29) is 6.61 Å². The minimum absolute atomic E-state index is 0.142. The Morgan fingerprint density at radius 2 is 2.28 bits per heavy atom. The highest BCUT2D eigenvalue weighted by atomic mass is 32.2. The number of nitrogens with two attached hydrogens (primary N) is 1. The van der Waals surface area contributed by atoms with Crippen molar-refractivity contribution in [3.8, 4) is 5.75 Å². The largest absolute Gasteiger partial charge is 0.484 e. The predicted octanol–water partition coefficient (Wildman–Crippen LogP) is 0.0959. The molecule has 2 aromatic rings. The fourth-order valence-electron chi connectivity index (χ4n) is 1.93. The molecule has 3 rings (SSSR count). The molecule has 0 saturated heterocycles. The van der Waals surface area contributed by atoms with Gasteiger partial charge in [0.2, 0.25) is 0 Å². The predicted molar refractivity (Wildman–Crippen MR) is 96.9 cm³/mol. The summed E-state index contributed by atoms with van der Waals surface area (Å²) in [5, 5.41) is 10.9. The molecule has 1 amide bonds. The van der Waals surface area contributed by atoms with E-state index in [4.69, 9.17) is 10.5 Å². The van der Waals surface area contributed by atoms with Crippen molar-refractivity contribution in [2.24, 2.45) is 15.2 Å². The molecule has 1 aromatic carbocycles. The first-order chi connectivity index (χ1) is 12.1. The molecule has 1 aliphatic heterocycles. The van der Waals surface area contributed by atoms with Gasteiger partial charge in [0.25, 0.3) is 11.1 Å². The first-order valence-electron chi connectivity index (χ1n) is 7.17.